The summed E-state index contributed by atoms with van der Waals surface area (Å²) >= 11 is 5.67. The van der Waals surface area contributed by atoms with E-state index in [2.05, 4.69) is 15.0 Å². The molecule has 1 heterocycles. The molecule has 0 spiro atoms. The smallest absolute Gasteiger partial charge is 0.414 e. The Bertz CT molecular complexity index is 754. The average molecular weight is 367 g/mol. The summed E-state index contributed by atoms with van der Waals surface area (Å²) in [6.07, 6.45) is 7.05. The molecule has 1 aliphatic rings. The van der Waals surface area contributed by atoms with Crippen molar-refractivity contribution in [2.45, 2.75) is 39.2 Å². The number of ether oxygens (including phenoxy) is 1. The number of nitrogens with zero attached hydrogens (tertiary/aromatic N) is 4. The van der Waals surface area contributed by atoms with E-state index in [1.54, 1.807) is 40.1 Å². The van der Waals surface area contributed by atoms with Gasteiger partial charge in [0.1, 0.15) is 5.60 Å². The van der Waals surface area contributed by atoms with E-state index in [1.165, 1.54) is 4.90 Å². The van der Waals surface area contributed by atoms with Crippen LogP contribution in [-0.2, 0) is 4.74 Å². The highest BCUT2D eigenvalue weighted by Crippen LogP contribution is 2.22. The quantitative estimate of drug-likeness (QED) is 0.725. The van der Waals surface area contributed by atoms with Gasteiger partial charge in [0, 0.05) is 25.4 Å². The number of rotatable bonds is 2. The summed E-state index contributed by atoms with van der Waals surface area (Å²) in [4.78, 5) is 24.9. The Labute approximate surface area is 151 Å². The summed E-state index contributed by atoms with van der Waals surface area (Å²) in [6, 6.07) is 0. The summed E-state index contributed by atoms with van der Waals surface area (Å²) in [6.45, 7) is 5.42. The molecule has 0 unspecified atom stereocenters. The normalized spacial score (nSPS) is 17.8. The SMILES string of the molecule is CN(C=C1CC=CC(=Nc2nc(Cl)ncc2F)C1)C(=O)OC(C)(C)C. The molecule has 1 aromatic heterocycles. The molecule has 25 heavy (non-hydrogen) atoms. The third-order valence-corrected chi connectivity index (χ3v) is 3.28. The van der Waals surface area contributed by atoms with Gasteiger partial charge in [-0.25, -0.2) is 19.2 Å². The zero-order valence-corrected chi connectivity index (χ0v) is 15.3. The minimum absolute atomic E-state index is 0.0686. The van der Waals surface area contributed by atoms with Crippen LogP contribution in [0.5, 0.6) is 0 Å². The molecule has 0 saturated carbocycles. The van der Waals surface area contributed by atoms with E-state index in [1.807, 2.05) is 6.08 Å². The first-order chi connectivity index (χ1) is 11.6. The van der Waals surface area contributed by atoms with Gasteiger partial charge in [-0.15, -0.1) is 0 Å². The van der Waals surface area contributed by atoms with E-state index < -0.39 is 17.5 Å². The molecule has 1 aromatic rings. The van der Waals surface area contributed by atoms with Crippen LogP contribution in [0, 0.1) is 5.82 Å². The highest BCUT2D eigenvalue weighted by Gasteiger charge is 2.19. The summed E-state index contributed by atoms with van der Waals surface area (Å²) in [5, 5.41) is -0.0686. The Morgan fingerprint density at radius 3 is 2.88 bits per heavy atom. The second kappa shape index (κ2) is 7.74. The topological polar surface area (TPSA) is 67.7 Å². The second-order valence-corrected chi connectivity index (χ2v) is 6.91. The Kier molecular flexibility index (Phi) is 5.89. The Morgan fingerprint density at radius 1 is 1.48 bits per heavy atom. The average Bonchev–Trinajstić information content (AvgIpc) is 2.49. The molecule has 0 saturated heterocycles. The van der Waals surface area contributed by atoms with Crippen LogP contribution in [0.25, 0.3) is 0 Å². The molecule has 0 N–H and O–H groups in total. The van der Waals surface area contributed by atoms with E-state index >= 15 is 0 Å². The van der Waals surface area contributed by atoms with Crippen molar-refractivity contribution < 1.29 is 13.9 Å². The van der Waals surface area contributed by atoms with E-state index in [9.17, 15) is 9.18 Å². The van der Waals surface area contributed by atoms with Crippen molar-refractivity contribution in [1.82, 2.24) is 14.9 Å². The molecule has 1 aliphatic carbocycles. The van der Waals surface area contributed by atoms with Gasteiger partial charge in [-0.05, 0) is 50.4 Å². The lowest BCUT2D eigenvalue weighted by Crippen LogP contribution is -2.31. The summed E-state index contributed by atoms with van der Waals surface area (Å²) in [7, 11) is 1.63. The largest absolute Gasteiger partial charge is 0.443 e. The maximum atomic E-state index is 13.7. The zero-order chi connectivity index (χ0) is 18.6. The van der Waals surface area contributed by atoms with Crippen molar-refractivity contribution >= 4 is 29.2 Å². The van der Waals surface area contributed by atoms with Crippen LogP contribution >= 0.6 is 11.6 Å². The van der Waals surface area contributed by atoms with Gasteiger partial charge < -0.3 is 4.74 Å². The molecule has 0 aromatic carbocycles. The first-order valence-corrected chi connectivity index (χ1v) is 8.09. The predicted octanol–water partition coefficient (Wildman–Crippen LogP) is 4.44. The Balaban J connectivity index is 2.14. The van der Waals surface area contributed by atoms with Crippen LogP contribution in [0.2, 0.25) is 5.28 Å². The van der Waals surface area contributed by atoms with Crippen molar-refractivity contribution in [2.24, 2.45) is 4.99 Å². The van der Waals surface area contributed by atoms with E-state index in [-0.39, 0.29) is 11.1 Å². The number of hydrogen-bond donors (Lipinski definition) is 0. The molecule has 0 bridgehead atoms. The molecule has 1 amide bonds. The molecular weight excluding hydrogens is 347 g/mol. The van der Waals surface area contributed by atoms with Crippen molar-refractivity contribution in [3.63, 3.8) is 0 Å². The van der Waals surface area contributed by atoms with E-state index in [4.69, 9.17) is 16.3 Å². The first-order valence-electron chi connectivity index (χ1n) is 7.71. The predicted molar refractivity (Wildman–Crippen MR) is 94.5 cm³/mol. The molecule has 0 aliphatic heterocycles. The third-order valence-electron chi connectivity index (χ3n) is 3.10. The van der Waals surface area contributed by atoms with Crippen molar-refractivity contribution in [1.29, 1.82) is 0 Å². The lowest BCUT2D eigenvalue weighted by atomic mass is 10.00. The van der Waals surface area contributed by atoms with Gasteiger partial charge in [-0.3, -0.25) is 4.90 Å². The number of carbonyl (C=O) groups is 1. The zero-order valence-electron chi connectivity index (χ0n) is 14.6. The summed E-state index contributed by atoms with van der Waals surface area (Å²) in [5.74, 6) is -0.756. The number of aliphatic imine (C=N–C) groups is 1. The maximum Gasteiger partial charge on any atom is 0.414 e. The molecule has 0 radical (unpaired) electrons. The van der Waals surface area contributed by atoms with Crippen LogP contribution in [0.1, 0.15) is 33.6 Å². The first kappa shape index (κ1) is 19.1. The minimum Gasteiger partial charge on any atom is -0.443 e. The van der Waals surface area contributed by atoms with Gasteiger partial charge in [0.15, 0.2) is 11.6 Å². The number of amides is 1. The fraction of sp³-hybridized carbons (Fsp3) is 0.412. The fourth-order valence-electron chi connectivity index (χ4n) is 2.10. The van der Waals surface area contributed by atoms with E-state index in [0.717, 1.165) is 11.8 Å². The number of aromatic nitrogens is 2. The van der Waals surface area contributed by atoms with Crippen LogP contribution in [0.3, 0.4) is 0 Å². The maximum absolute atomic E-state index is 13.7. The lowest BCUT2D eigenvalue weighted by Gasteiger charge is -2.23. The number of halogens is 2. The van der Waals surface area contributed by atoms with Crippen molar-refractivity contribution in [3.8, 4) is 0 Å². The number of hydrogen-bond acceptors (Lipinski definition) is 5. The van der Waals surface area contributed by atoms with E-state index in [0.29, 0.717) is 18.6 Å². The monoisotopic (exact) mass is 366 g/mol. The molecule has 6 nitrogen and oxygen atoms in total. The Morgan fingerprint density at radius 2 is 2.20 bits per heavy atom. The van der Waals surface area contributed by atoms with Crippen LogP contribution in [0.15, 0.2) is 35.1 Å². The lowest BCUT2D eigenvalue weighted by molar-refractivity contribution is 0.0370. The molecular formula is C17H20ClFN4O2. The highest BCUT2D eigenvalue weighted by molar-refractivity contribution is 6.28. The number of carbonyl (C=O) groups excluding carboxylic acids is 1. The van der Waals surface area contributed by atoms with Gasteiger partial charge in [0.25, 0.3) is 0 Å². The molecule has 0 fully saturated rings. The van der Waals surface area contributed by atoms with Gasteiger partial charge in [-0.2, -0.15) is 4.98 Å². The van der Waals surface area contributed by atoms with Crippen LogP contribution in [0.4, 0.5) is 15.0 Å². The highest BCUT2D eigenvalue weighted by atomic mass is 35.5. The van der Waals surface area contributed by atoms with Gasteiger partial charge in [0.2, 0.25) is 5.28 Å². The molecule has 0 atom stereocenters. The van der Waals surface area contributed by atoms with Crippen molar-refractivity contribution in [3.05, 3.63) is 41.2 Å². The van der Waals surface area contributed by atoms with Gasteiger partial charge in [0.05, 0.1) is 6.20 Å². The molecule has 134 valence electrons. The van der Waals surface area contributed by atoms with Crippen molar-refractivity contribution in [2.75, 3.05) is 7.05 Å². The summed E-state index contributed by atoms with van der Waals surface area (Å²) in [5.41, 5.74) is 0.992. The van der Waals surface area contributed by atoms with Gasteiger partial charge >= 0.3 is 6.09 Å². The summed E-state index contributed by atoms with van der Waals surface area (Å²) < 4.78 is 19.0. The van der Waals surface area contributed by atoms with Crippen LogP contribution < -0.4 is 0 Å². The number of allylic oxidation sites excluding steroid dienone is 3. The second-order valence-electron chi connectivity index (χ2n) is 6.58. The fourth-order valence-corrected chi connectivity index (χ4v) is 2.23. The molecule has 8 heteroatoms. The minimum atomic E-state index is -0.646. The Hall–Kier alpha value is -2.28. The third kappa shape index (κ3) is 5.94. The standard InChI is InChI=1S/C17H20ClFN4O2/c1-17(2,3)25-16(24)23(4)10-11-6-5-7-12(8-11)21-14-13(19)9-20-15(18)22-14/h5,7,9-10H,6,8H2,1-4H3. The van der Waals surface area contributed by atoms with Gasteiger partial charge in [-0.1, -0.05) is 6.08 Å². The van der Waals surface area contributed by atoms with Crippen LogP contribution in [-0.4, -0.2) is 39.3 Å². The molecule has 2 rings (SSSR count).